The topological polar surface area (TPSA) is 73.6 Å². The SMILES string of the molecule is COc1ccc(OCCNC(=O)Cc2coc(-c3ccccc3)n2)cc1. The highest BCUT2D eigenvalue weighted by Gasteiger charge is 2.10. The number of nitrogens with zero attached hydrogens (tertiary/aromatic N) is 1. The highest BCUT2D eigenvalue weighted by atomic mass is 16.5. The van der Waals surface area contributed by atoms with Gasteiger partial charge < -0.3 is 19.2 Å². The number of carbonyl (C=O) groups is 1. The molecule has 0 aliphatic carbocycles. The molecule has 0 saturated carbocycles. The molecule has 0 bridgehead atoms. The third kappa shape index (κ3) is 4.86. The molecular weight excluding hydrogens is 332 g/mol. The summed E-state index contributed by atoms with van der Waals surface area (Å²) in [6.45, 7) is 0.792. The highest BCUT2D eigenvalue weighted by molar-refractivity contribution is 5.78. The number of oxazole rings is 1. The second-order valence-corrected chi connectivity index (χ2v) is 5.56. The van der Waals surface area contributed by atoms with Crippen molar-refractivity contribution >= 4 is 5.91 Å². The van der Waals surface area contributed by atoms with Crippen molar-refractivity contribution in [3.05, 3.63) is 66.6 Å². The monoisotopic (exact) mass is 352 g/mol. The summed E-state index contributed by atoms with van der Waals surface area (Å²) in [5, 5.41) is 2.80. The molecule has 0 radical (unpaired) electrons. The summed E-state index contributed by atoms with van der Waals surface area (Å²) in [4.78, 5) is 16.3. The minimum absolute atomic E-state index is 0.128. The third-order valence-electron chi connectivity index (χ3n) is 3.67. The first-order valence-corrected chi connectivity index (χ1v) is 8.28. The van der Waals surface area contributed by atoms with E-state index in [1.54, 1.807) is 7.11 Å². The molecule has 0 aliphatic rings. The highest BCUT2D eigenvalue weighted by Crippen LogP contribution is 2.18. The fourth-order valence-electron chi connectivity index (χ4n) is 2.36. The maximum absolute atomic E-state index is 12.0. The number of aromatic nitrogens is 1. The lowest BCUT2D eigenvalue weighted by Gasteiger charge is -2.08. The summed E-state index contributed by atoms with van der Waals surface area (Å²) in [6.07, 6.45) is 1.68. The number of amides is 1. The van der Waals surface area contributed by atoms with Crippen molar-refractivity contribution in [3.8, 4) is 23.0 Å². The van der Waals surface area contributed by atoms with Gasteiger partial charge in [0.15, 0.2) is 0 Å². The Bertz CT molecular complexity index is 829. The van der Waals surface area contributed by atoms with Crippen molar-refractivity contribution in [2.24, 2.45) is 0 Å². The van der Waals surface area contributed by atoms with E-state index in [-0.39, 0.29) is 12.3 Å². The molecule has 3 rings (SSSR count). The Morgan fingerprint density at radius 3 is 2.54 bits per heavy atom. The first kappa shape index (κ1) is 17.5. The fourth-order valence-corrected chi connectivity index (χ4v) is 2.36. The summed E-state index contributed by atoms with van der Waals surface area (Å²) in [6, 6.07) is 16.9. The van der Waals surface area contributed by atoms with E-state index in [2.05, 4.69) is 10.3 Å². The van der Waals surface area contributed by atoms with Gasteiger partial charge in [0.2, 0.25) is 11.8 Å². The summed E-state index contributed by atoms with van der Waals surface area (Å²) >= 11 is 0. The predicted octanol–water partition coefficient (Wildman–Crippen LogP) is 3.09. The van der Waals surface area contributed by atoms with Gasteiger partial charge in [-0.15, -0.1) is 0 Å². The van der Waals surface area contributed by atoms with Gasteiger partial charge in [-0.1, -0.05) is 18.2 Å². The largest absolute Gasteiger partial charge is 0.497 e. The van der Waals surface area contributed by atoms with Crippen LogP contribution in [0.4, 0.5) is 0 Å². The van der Waals surface area contributed by atoms with Gasteiger partial charge in [-0.25, -0.2) is 4.98 Å². The number of nitrogens with one attached hydrogen (secondary N) is 1. The van der Waals surface area contributed by atoms with Crippen molar-refractivity contribution < 1.29 is 18.7 Å². The fraction of sp³-hybridized carbons (Fsp3) is 0.200. The summed E-state index contributed by atoms with van der Waals surface area (Å²) in [7, 11) is 1.61. The van der Waals surface area contributed by atoms with E-state index in [1.165, 1.54) is 6.26 Å². The average Bonchev–Trinajstić information content (AvgIpc) is 3.15. The molecule has 0 atom stereocenters. The zero-order chi connectivity index (χ0) is 18.2. The number of ether oxygens (including phenoxy) is 2. The maximum Gasteiger partial charge on any atom is 0.226 e. The Morgan fingerprint density at radius 2 is 1.81 bits per heavy atom. The van der Waals surface area contributed by atoms with Crippen molar-refractivity contribution in [1.29, 1.82) is 0 Å². The van der Waals surface area contributed by atoms with Gasteiger partial charge in [-0.2, -0.15) is 0 Å². The van der Waals surface area contributed by atoms with Crippen LogP contribution in [0.25, 0.3) is 11.5 Å². The van der Waals surface area contributed by atoms with E-state index in [1.807, 2.05) is 54.6 Å². The molecule has 1 N–H and O–H groups in total. The molecule has 1 aromatic heterocycles. The van der Waals surface area contributed by atoms with E-state index >= 15 is 0 Å². The van der Waals surface area contributed by atoms with E-state index in [0.29, 0.717) is 24.7 Å². The van der Waals surface area contributed by atoms with Crippen molar-refractivity contribution in [1.82, 2.24) is 10.3 Å². The van der Waals surface area contributed by atoms with E-state index in [0.717, 1.165) is 17.1 Å². The van der Waals surface area contributed by atoms with E-state index < -0.39 is 0 Å². The Morgan fingerprint density at radius 1 is 1.08 bits per heavy atom. The van der Waals surface area contributed by atoms with Crippen LogP contribution in [0.2, 0.25) is 0 Å². The number of benzene rings is 2. The zero-order valence-electron chi connectivity index (χ0n) is 14.5. The van der Waals surface area contributed by atoms with Gasteiger partial charge >= 0.3 is 0 Å². The summed E-state index contributed by atoms with van der Waals surface area (Å²) < 4.78 is 16.1. The molecule has 0 unspecified atom stereocenters. The third-order valence-corrected chi connectivity index (χ3v) is 3.67. The molecule has 1 heterocycles. The average molecular weight is 352 g/mol. The smallest absolute Gasteiger partial charge is 0.226 e. The van der Waals surface area contributed by atoms with Gasteiger partial charge in [-0.3, -0.25) is 4.79 Å². The zero-order valence-corrected chi connectivity index (χ0v) is 14.5. The molecule has 6 nitrogen and oxygen atoms in total. The first-order valence-electron chi connectivity index (χ1n) is 8.28. The molecule has 134 valence electrons. The van der Waals surface area contributed by atoms with Gasteiger partial charge in [-0.05, 0) is 36.4 Å². The van der Waals surface area contributed by atoms with Crippen molar-refractivity contribution in [3.63, 3.8) is 0 Å². The van der Waals surface area contributed by atoms with Crippen LogP contribution in [-0.2, 0) is 11.2 Å². The Kier molecular flexibility index (Phi) is 5.88. The molecule has 0 spiro atoms. The lowest BCUT2D eigenvalue weighted by atomic mass is 10.2. The molecule has 0 aliphatic heterocycles. The van der Waals surface area contributed by atoms with Gasteiger partial charge in [0.05, 0.1) is 25.8 Å². The van der Waals surface area contributed by atoms with Crippen LogP contribution in [0.1, 0.15) is 5.69 Å². The Balaban J connectivity index is 1.41. The predicted molar refractivity (Wildman–Crippen MR) is 97.1 cm³/mol. The number of hydrogen-bond donors (Lipinski definition) is 1. The second-order valence-electron chi connectivity index (χ2n) is 5.56. The minimum atomic E-state index is -0.128. The molecule has 0 saturated heterocycles. The minimum Gasteiger partial charge on any atom is -0.497 e. The maximum atomic E-state index is 12.0. The van der Waals surface area contributed by atoms with E-state index in [4.69, 9.17) is 13.9 Å². The lowest BCUT2D eigenvalue weighted by molar-refractivity contribution is -0.120. The molecular formula is C20H20N2O4. The lowest BCUT2D eigenvalue weighted by Crippen LogP contribution is -2.29. The van der Waals surface area contributed by atoms with Crippen LogP contribution >= 0.6 is 0 Å². The van der Waals surface area contributed by atoms with Crippen LogP contribution in [0.5, 0.6) is 11.5 Å². The van der Waals surface area contributed by atoms with Gasteiger partial charge in [0.1, 0.15) is 24.4 Å². The van der Waals surface area contributed by atoms with Crippen LogP contribution in [-0.4, -0.2) is 31.2 Å². The molecule has 2 aromatic carbocycles. The molecule has 3 aromatic rings. The van der Waals surface area contributed by atoms with Gasteiger partial charge in [0, 0.05) is 5.56 Å². The first-order chi connectivity index (χ1) is 12.7. The van der Waals surface area contributed by atoms with Crippen LogP contribution in [0, 0.1) is 0 Å². The summed E-state index contributed by atoms with van der Waals surface area (Å²) in [5.74, 6) is 1.88. The molecule has 26 heavy (non-hydrogen) atoms. The number of methoxy groups -OCH3 is 1. The van der Waals surface area contributed by atoms with E-state index in [9.17, 15) is 4.79 Å². The molecule has 0 fully saturated rings. The van der Waals surface area contributed by atoms with Crippen molar-refractivity contribution in [2.45, 2.75) is 6.42 Å². The second kappa shape index (κ2) is 8.71. The standard InChI is InChI=1S/C20H20N2O4/c1-24-17-7-9-18(10-8-17)25-12-11-21-19(23)13-16-14-26-20(22-16)15-5-3-2-4-6-15/h2-10,14H,11-13H2,1H3,(H,21,23). The number of hydrogen-bond acceptors (Lipinski definition) is 5. The van der Waals surface area contributed by atoms with Gasteiger partial charge in [0.25, 0.3) is 0 Å². The van der Waals surface area contributed by atoms with Crippen LogP contribution in [0.15, 0.2) is 65.3 Å². The normalized spacial score (nSPS) is 10.3. The number of rotatable bonds is 8. The van der Waals surface area contributed by atoms with Crippen molar-refractivity contribution in [2.75, 3.05) is 20.3 Å². The van der Waals surface area contributed by atoms with Crippen LogP contribution in [0.3, 0.4) is 0 Å². The Hall–Kier alpha value is -3.28. The molecule has 6 heteroatoms. The quantitative estimate of drug-likeness (QED) is 0.631. The summed E-state index contributed by atoms with van der Waals surface area (Å²) in [5.41, 5.74) is 1.48. The Labute approximate surface area is 151 Å². The number of carbonyl (C=O) groups excluding carboxylic acids is 1. The molecule has 1 amide bonds. The van der Waals surface area contributed by atoms with Crippen LogP contribution < -0.4 is 14.8 Å².